The molecule has 0 amide bonds. The third-order valence-corrected chi connectivity index (χ3v) is 3.91. The lowest BCUT2D eigenvalue weighted by atomic mass is 10.0. The van der Waals surface area contributed by atoms with Crippen LogP contribution in [0.4, 0.5) is 0 Å². The van der Waals surface area contributed by atoms with Crippen LogP contribution in [0.1, 0.15) is 47.5 Å². The van der Waals surface area contributed by atoms with Crippen molar-refractivity contribution in [2.45, 2.75) is 53.1 Å². The minimum atomic E-state index is -1.09. The summed E-state index contributed by atoms with van der Waals surface area (Å²) in [6, 6.07) is 0. The highest BCUT2D eigenvalue weighted by Gasteiger charge is 2.74. The maximum Gasteiger partial charge on any atom is 0.346 e. The molecule has 1 fully saturated rings. The van der Waals surface area contributed by atoms with E-state index in [9.17, 15) is 14.4 Å². The van der Waals surface area contributed by atoms with Gasteiger partial charge in [-0.2, -0.15) is 0 Å². The summed E-state index contributed by atoms with van der Waals surface area (Å²) in [4.78, 5) is 34.4. The zero-order valence-corrected chi connectivity index (χ0v) is 11.6. The van der Waals surface area contributed by atoms with Gasteiger partial charge in [0.15, 0.2) is 11.4 Å². The fraction of sp³-hybridized carbons (Fsp3) is 0.714. The van der Waals surface area contributed by atoms with Gasteiger partial charge >= 0.3 is 5.97 Å². The minimum absolute atomic E-state index is 0.0237. The van der Waals surface area contributed by atoms with Gasteiger partial charge in [0, 0.05) is 0 Å². The van der Waals surface area contributed by atoms with E-state index in [-0.39, 0.29) is 17.3 Å². The van der Waals surface area contributed by atoms with Crippen LogP contribution >= 0.6 is 0 Å². The van der Waals surface area contributed by atoms with Crippen molar-refractivity contribution in [3.8, 4) is 0 Å². The first-order chi connectivity index (χ1) is 8.22. The molecule has 2 atom stereocenters. The lowest BCUT2D eigenvalue weighted by Gasteiger charge is -2.15. The third-order valence-electron chi connectivity index (χ3n) is 3.91. The van der Waals surface area contributed by atoms with Crippen LogP contribution in [0.25, 0.3) is 0 Å². The van der Waals surface area contributed by atoms with Crippen molar-refractivity contribution in [1.29, 1.82) is 0 Å². The second-order valence-corrected chi connectivity index (χ2v) is 5.62. The Labute approximate surface area is 107 Å². The average molecular weight is 252 g/mol. The van der Waals surface area contributed by atoms with Gasteiger partial charge in [-0.1, -0.05) is 20.8 Å². The SMILES string of the molecule is CCC1(C)C(=O)C1(C)OC(=O)C(=C=O)CC(C)C. The van der Waals surface area contributed by atoms with Gasteiger partial charge in [0.2, 0.25) is 0 Å². The van der Waals surface area contributed by atoms with Gasteiger partial charge in [0.25, 0.3) is 0 Å². The molecule has 1 aliphatic rings. The average Bonchev–Trinajstić information content (AvgIpc) is 2.72. The van der Waals surface area contributed by atoms with E-state index < -0.39 is 17.0 Å². The number of ether oxygens (including phenoxy) is 1. The molecule has 0 radical (unpaired) electrons. The van der Waals surface area contributed by atoms with Crippen molar-refractivity contribution < 1.29 is 19.1 Å². The summed E-state index contributed by atoms with van der Waals surface area (Å²) in [5.74, 6) is 0.987. The molecule has 1 rings (SSSR count). The number of carbonyl (C=O) groups is 2. The standard InChI is InChI=1S/C14H20O4/c1-6-13(4)12(17)14(13,5)18-11(16)10(8-15)7-9(2)3/h9H,6-7H2,1-5H3. The molecule has 0 aromatic heterocycles. The van der Waals surface area contributed by atoms with Crippen molar-refractivity contribution in [2.75, 3.05) is 0 Å². The van der Waals surface area contributed by atoms with Crippen LogP contribution in [0.5, 0.6) is 0 Å². The molecule has 1 aliphatic carbocycles. The molecule has 0 N–H and O–H groups in total. The summed E-state index contributed by atoms with van der Waals surface area (Å²) >= 11 is 0. The highest BCUT2D eigenvalue weighted by Crippen LogP contribution is 2.56. The predicted molar refractivity (Wildman–Crippen MR) is 66.6 cm³/mol. The molecule has 0 aromatic rings. The van der Waals surface area contributed by atoms with Crippen LogP contribution < -0.4 is 0 Å². The largest absolute Gasteiger partial charge is 0.446 e. The smallest absolute Gasteiger partial charge is 0.346 e. The molecule has 0 aliphatic heterocycles. The van der Waals surface area contributed by atoms with Crippen LogP contribution in [0.3, 0.4) is 0 Å². The lowest BCUT2D eigenvalue weighted by molar-refractivity contribution is -0.149. The lowest BCUT2D eigenvalue weighted by Crippen LogP contribution is -2.24. The van der Waals surface area contributed by atoms with Crippen LogP contribution in [0, 0.1) is 11.3 Å². The van der Waals surface area contributed by atoms with Crippen molar-refractivity contribution in [3.05, 3.63) is 5.57 Å². The molecule has 0 aromatic carbocycles. The molecule has 100 valence electrons. The summed E-state index contributed by atoms with van der Waals surface area (Å²) in [6.07, 6.45) is 0.926. The number of hydrogen-bond acceptors (Lipinski definition) is 4. The van der Waals surface area contributed by atoms with Gasteiger partial charge in [-0.15, -0.1) is 0 Å². The summed E-state index contributed by atoms with van der Waals surface area (Å²) in [5, 5.41) is 0. The van der Waals surface area contributed by atoms with E-state index in [0.29, 0.717) is 12.8 Å². The number of rotatable bonds is 5. The Bertz CT molecular complexity index is 431. The summed E-state index contributed by atoms with van der Waals surface area (Å²) < 4.78 is 5.23. The first-order valence-corrected chi connectivity index (χ1v) is 6.25. The van der Waals surface area contributed by atoms with Crippen molar-refractivity contribution in [1.82, 2.24) is 0 Å². The molecular formula is C14H20O4. The Morgan fingerprint density at radius 2 is 1.94 bits per heavy atom. The van der Waals surface area contributed by atoms with Crippen LogP contribution in [0.15, 0.2) is 5.57 Å². The van der Waals surface area contributed by atoms with Crippen LogP contribution in [0.2, 0.25) is 0 Å². The first-order valence-electron chi connectivity index (χ1n) is 6.25. The highest BCUT2D eigenvalue weighted by molar-refractivity contribution is 6.13. The van der Waals surface area contributed by atoms with E-state index in [1.165, 1.54) is 0 Å². The Morgan fingerprint density at radius 3 is 2.28 bits per heavy atom. The molecule has 1 saturated carbocycles. The van der Waals surface area contributed by atoms with E-state index in [0.717, 1.165) is 0 Å². The Hall–Kier alpha value is -1.41. The molecule has 0 spiro atoms. The van der Waals surface area contributed by atoms with Gasteiger partial charge in [0.05, 0.1) is 5.41 Å². The number of esters is 1. The Morgan fingerprint density at radius 1 is 1.39 bits per heavy atom. The summed E-state index contributed by atoms with van der Waals surface area (Å²) in [5.41, 5.74) is -1.73. The van der Waals surface area contributed by atoms with Crippen molar-refractivity contribution in [3.63, 3.8) is 0 Å². The van der Waals surface area contributed by atoms with Crippen LogP contribution in [-0.2, 0) is 19.1 Å². The van der Waals surface area contributed by atoms with Crippen LogP contribution in [-0.4, -0.2) is 23.3 Å². The molecule has 4 heteroatoms. The molecule has 18 heavy (non-hydrogen) atoms. The molecule has 4 nitrogen and oxygen atoms in total. The van der Waals surface area contributed by atoms with E-state index in [1.807, 2.05) is 20.8 Å². The Balaban J connectivity index is 2.79. The number of hydrogen-bond donors (Lipinski definition) is 0. The van der Waals surface area contributed by atoms with E-state index in [4.69, 9.17) is 4.74 Å². The van der Waals surface area contributed by atoms with E-state index >= 15 is 0 Å². The number of carbonyl (C=O) groups excluding carboxylic acids is 3. The van der Waals surface area contributed by atoms with Crippen molar-refractivity contribution in [2.24, 2.45) is 11.3 Å². The molecule has 2 unspecified atom stereocenters. The third kappa shape index (κ3) is 2.13. The van der Waals surface area contributed by atoms with Crippen molar-refractivity contribution >= 4 is 17.7 Å². The Kier molecular flexibility index (Phi) is 3.82. The molecule has 0 saturated heterocycles. The highest BCUT2D eigenvalue weighted by atomic mass is 16.6. The van der Waals surface area contributed by atoms with Gasteiger partial charge in [-0.25, -0.2) is 9.59 Å². The molecular weight excluding hydrogens is 232 g/mol. The second kappa shape index (κ2) is 4.69. The quantitative estimate of drug-likeness (QED) is 0.427. The first kappa shape index (κ1) is 14.7. The maximum atomic E-state index is 11.8. The van der Waals surface area contributed by atoms with Gasteiger partial charge < -0.3 is 4.74 Å². The monoisotopic (exact) mass is 252 g/mol. The molecule has 0 bridgehead atoms. The zero-order chi connectivity index (χ0) is 14.1. The zero-order valence-electron chi connectivity index (χ0n) is 11.6. The van der Waals surface area contributed by atoms with E-state index in [2.05, 4.69) is 0 Å². The summed E-state index contributed by atoms with van der Waals surface area (Å²) in [6.45, 7) is 9.04. The number of Topliss-reactive ketones (excluding diaryl/α,β-unsaturated/α-hetero) is 1. The fourth-order valence-corrected chi connectivity index (χ4v) is 2.16. The van der Waals surface area contributed by atoms with Gasteiger partial charge in [-0.3, -0.25) is 4.79 Å². The summed E-state index contributed by atoms with van der Waals surface area (Å²) in [7, 11) is 0. The van der Waals surface area contributed by atoms with Gasteiger partial charge in [0.1, 0.15) is 11.5 Å². The fourth-order valence-electron chi connectivity index (χ4n) is 2.16. The minimum Gasteiger partial charge on any atom is -0.446 e. The predicted octanol–water partition coefficient (Wildman–Crippen LogP) is 2.09. The van der Waals surface area contributed by atoms with Gasteiger partial charge in [-0.05, 0) is 32.6 Å². The molecule has 0 heterocycles. The number of ketones is 1. The maximum absolute atomic E-state index is 11.8. The second-order valence-electron chi connectivity index (χ2n) is 5.62. The normalized spacial score (nSPS) is 30.0. The topological polar surface area (TPSA) is 60.4 Å². The van der Waals surface area contributed by atoms with E-state index in [1.54, 1.807) is 19.8 Å².